The van der Waals surface area contributed by atoms with Crippen molar-refractivity contribution in [2.24, 2.45) is 7.05 Å². The van der Waals surface area contributed by atoms with E-state index in [4.69, 9.17) is 16.3 Å². The number of carbonyl (C=O) groups is 1. The van der Waals surface area contributed by atoms with Crippen LogP contribution in [-0.4, -0.2) is 22.6 Å². The maximum atomic E-state index is 12.7. The van der Waals surface area contributed by atoms with Crippen molar-refractivity contribution in [3.05, 3.63) is 82.9 Å². The Labute approximate surface area is 151 Å². The topological polar surface area (TPSA) is 56.1 Å². The van der Waals surface area contributed by atoms with Crippen molar-refractivity contribution < 1.29 is 9.53 Å². The summed E-state index contributed by atoms with van der Waals surface area (Å²) in [4.78, 5) is 17.1. The minimum Gasteiger partial charge on any atom is -0.497 e. The van der Waals surface area contributed by atoms with Crippen molar-refractivity contribution in [1.29, 1.82) is 0 Å². The fourth-order valence-corrected chi connectivity index (χ4v) is 2.85. The highest BCUT2D eigenvalue weighted by Gasteiger charge is 2.22. The Bertz CT molecular complexity index is 892. The predicted molar refractivity (Wildman–Crippen MR) is 97.0 cm³/mol. The number of aryl methyl sites for hydroxylation is 1. The smallest absolute Gasteiger partial charge is 0.253 e. The Hall–Kier alpha value is -2.79. The fraction of sp³-hybridized carbons (Fsp3) is 0.158. The quantitative estimate of drug-likeness (QED) is 0.760. The number of methoxy groups -OCH3 is 1. The number of imidazole rings is 1. The van der Waals surface area contributed by atoms with E-state index in [2.05, 4.69) is 10.3 Å². The van der Waals surface area contributed by atoms with Crippen LogP contribution in [0, 0.1) is 0 Å². The Morgan fingerprint density at radius 3 is 2.72 bits per heavy atom. The van der Waals surface area contributed by atoms with Crippen LogP contribution in [0.5, 0.6) is 5.75 Å². The molecular weight excluding hydrogens is 338 g/mol. The highest BCUT2D eigenvalue weighted by Crippen LogP contribution is 2.25. The first kappa shape index (κ1) is 17.0. The molecule has 0 aliphatic rings. The molecule has 0 radical (unpaired) electrons. The molecule has 0 saturated carbocycles. The summed E-state index contributed by atoms with van der Waals surface area (Å²) < 4.78 is 7.17. The maximum Gasteiger partial charge on any atom is 0.253 e. The third-order valence-corrected chi connectivity index (χ3v) is 4.27. The molecule has 0 bridgehead atoms. The number of hydrogen-bond donors (Lipinski definition) is 1. The van der Waals surface area contributed by atoms with Crippen LogP contribution in [0.4, 0.5) is 0 Å². The van der Waals surface area contributed by atoms with Crippen molar-refractivity contribution in [1.82, 2.24) is 14.9 Å². The predicted octanol–water partition coefficient (Wildman–Crippen LogP) is 3.60. The van der Waals surface area contributed by atoms with Gasteiger partial charge in [0.25, 0.3) is 5.91 Å². The maximum absolute atomic E-state index is 12.7. The minimum atomic E-state index is -0.432. The van der Waals surface area contributed by atoms with Crippen LogP contribution in [0.15, 0.2) is 60.9 Å². The summed E-state index contributed by atoms with van der Waals surface area (Å²) >= 11 is 6.15. The van der Waals surface area contributed by atoms with Gasteiger partial charge in [-0.3, -0.25) is 4.79 Å². The van der Waals surface area contributed by atoms with Gasteiger partial charge in [-0.15, -0.1) is 0 Å². The van der Waals surface area contributed by atoms with Gasteiger partial charge < -0.3 is 14.6 Å². The van der Waals surface area contributed by atoms with E-state index in [1.165, 1.54) is 0 Å². The SMILES string of the molecule is COc1cccc([C@@H](NC(=O)c2ccccc2Cl)c2nccn2C)c1. The van der Waals surface area contributed by atoms with Gasteiger partial charge in [0.05, 0.1) is 17.7 Å². The lowest BCUT2D eigenvalue weighted by atomic mass is 10.0. The first-order chi connectivity index (χ1) is 12.1. The average molecular weight is 356 g/mol. The minimum absolute atomic E-state index is 0.263. The first-order valence-electron chi connectivity index (χ1n) is 7.76. The highest BCUT2D eigenvalue weighted by molar-refractivity contribution is 6.33. The zero-order chi connectivity index (χ0) is 17.8. The lowest BCUT2D eigenvalue weighted by molar-refractivity contribution is 0.0941. The van der Waals surface area contributed by atoms with Gasteiger partial charge in [-0.1, -0.05) is 35.9 Å². The monoisotopic (exact) mass is 355 g/mol. The molecule has 6 heteroatoms. The molecule has 2 aromatic carbocycles. The lowest BCUT2D eigenvalue weighted by Gasteiger charge is -2.20. The molecule has 0 saturated heterocycles. The summed E-state index contributed by atoms with van der Waals surface area (Å²) in [5, 5.41) is 3.43. The van der Waals surface area contributed by atoms with E-state index < -0.39 is 6.04 Å². The molecule has 0 fully saturated rings. The van der Waals surface area contributed by atoms with Gasteiger partial charge in [-0.25, -0.2) is 4.98 Å². The number of hydrogen-bond acceptors (Lipinski definition) is 3. The van der Waals surface area contributed by atoms with Crippen molar-refractivity contribution in [2.45, 2.75) is 6.04 Å². The van der Waals surface area contributed by atoms with Crippen LogP contribution in [0.1, 0.15) is 27.8 Å². The second-order valence-electron chi connectivity index (χ2n) is 5.56. The van der Waals surface area contributed by atoms with E-state index in [9.17, 15) is 4.79 Å². The third-order valence-electron chi connectivity index (χ3n) is 3.94. The van der Waals surface area contributed by atoms with Crippen molar-refractivity contribution in [2.75, 3.05) is 7.11 Å². The second kappa shape index (κ2) is 7.40. The lowest BCUT2D eigenvalue weighted by Crippen LogP contribution is -2.31. The Morgan fingerprint density at radius 1 is 1.24 bits per heavy atom. The molecule has 1 amide bonds. The van der Waals surface area contributed by atoms with E-state index in [0.717, 1.165) is 5.56 Å². The summed E-state index contributed by atoms with van der Waals surface area (Å²) in [6, 6.07) is 14.1. The standard InChI is InChI=1S/C19H18ClN3O2/c1-23-11-10-21-18(23)17(13-6-5-7-14(12-13)25-2)22-19(24)15-8-3-4-9-16(15)20/h3-12,17H,1-2H3,(H,22,24)/t17-/m1/s1. The Balaban J connectivity index is 1.99. The van der Waals surface area contributed by atoms with Gasteiger partial charge >= 0.3 is 0 Å². The number of ether oxygens (including phenoxy) is 1. The first-order valence-corrected chi connectivity index (χ1v) is 8.14. The number of halogens is 1. The van der Waals surface area contributed by atoms with Crippen molar-refractivity contribution >= 4 is 17.5 Å². The van der Waals surface area contributed by atoms with Gasteiger partial charge in [-0.2, -0.15) is 0 Å². The van der Waals surface area contributed by atoms with Crippen LogP contribution < -0.4 is 10.1 Å². The second-order valence-corrected chi connectivity index (χ2v) is 5.97. The van der Waals surface area contributed by atoms with Gasteiger partial charge in [0.2, 0.25) is 0 Å². The van der Waals surface area contributed by atoms with Gasteiger partial charge in [0, 0.05) is 19.4 Å². The molecule has 3 rings (SSSR count). The summed E-state index contributed by atoms with van der Waals surface area (Å²) in [6.07, 6.45) is 3.54. The number of benzene rings is 2. The van der Waals surface area contributed by atoms with E-state index in [-0.39, 0.29) is 5.91 Å². The molecule has 0 unspecified atom stereocenters. The molecule has 1 N–H and O–H groups in total. The molecule has 0 spiro atoms. The van der Waals surface area contributed by atoms with Gasteiger partial charge in [-0.05, 0) is 29.8 Å². The summed E-state index contributed by atoms with van der Waals surface area (Å²) in [5.74, 6) is 1.17. The number of nitrogens with zero attached hydrogens (tertiary/aromatic N) is 2. The zero-order valence-corrected chi connectivity index (χ0v) is 14.7. The van der Waals surface area contributed by atoms with E-state index in [0.29, 0.717) is 22.2 Å². The molecule has 128 valence electrons. The molecule has 5 nitrogen and oxygen atoms in total. The largest absolute Gasteiger partial charge is 0.497 e. The van der Waals surface area contributed by atoms with E-state index in [1.54, 1.807) is 37.6 Å². The molecule has 1 heterocycles. The van der Waals surface area contributed by atoms with Crippen molar-refractivity contribution in [3.63, 3.8) is 0 Å². The number of aromatic nitrogens is 2. The van der Waals surface area contributed by atoms with Crippen LogP contribution in [0.25, 0.3) is 0 Å². The fourth-order valence-electron chi connectivity index (χ4n) is 2.63. The number of carbonyl (C=O) groups excluding carboxylic acids is 1. The van der Waals surface area contributed by atoms with E-state index in [1.807, 2.05) is 42.1 Å². The molecule has 0 aliphatic heterocycles. The Kier molecular flexibility index (Phi) is 5.05. The molecule has 0 aliphatic carbocycles. The van der Waals surface area contributed by atoms with Gasteiger partial charge in [0.1, 0.15) is 17.6 Å². The van der Waals surface area contributed by atoms with Crippen LogP contribution in [0.3, 0.4) is 0 Å². The van der Waals surface area contributed by atoms with Crippen LogP contribution in [0.2, 0.25) is 5.02 Å². The highest BCUT2D eigenvalue weighted by atomic mass is 35.5. The van der Waals surface area contributed by atoms with Crippen LogP contribution in [-0.2, 0) is 7.05 Å². The van der Waals surface area contributed by atoms with Crippen molar-refractivity contribution in [3.8, 4) is 5.75 Å². The third kappa shape index (κ3) is 3.67. The molecule has 1 aromatic heterocycles. The summed E-state index contributed by atoms with van der Waals surface area (Å²) in [7, 11) is 3.49. The zero-order valence-electron chi connectivity index (χ0n) is 13.9. The molecule has 3 aromatic rings. The van der Waals surface area contributed by atoms with Gasteiger partial charge in [0.15, 0.2) is 0 Å². The van der Waals surface area contributed by atoms with E-state index >= 15 is 0 Å². The normalized spacial score (nSPS) is 11.8. The molecular formula is C19H18ClN3O2. The number of amides is 1. The van der Waals surface area contributed by atoms with Crippen LogP contribution >= 0.6 is 11.6 Å². The molecule has 1 atom stereocenters. The molecule has 25 heavy (non-hydrogen) atoms. The number of rotatable bonds is 5. The summed E-state index contributed by atoms with van der Waals surface area (Å²) in [6.45, 7) is 0. The average Bonchev–Trinajstić information content (AvgIpc) is 3.05. The Morgan fingerprint density at radius 2 is 2.04 bits per heavy atom. The number of nitrogens with one attached hydrogen (secondary N) is 1. The summed E-state index contributed by atoms with van der Waals surface area (Å²) in [5.41, 5.74) is 1.29.